The van der Waals surface area contributed by atoms with E-state index in [4.69, 9.17) is 5.11 Å². The molecular weight excluding hydrogens is 252 g/mol. The maximum Gasteiger partial charge on any atom is 0.233 e. The zero-order valence-corrected chi connectivity index (χ0v) is 12.1. The van der Waals surface area contributed by atoms with Crippen LogP contribution in [0.5, 0.6) is 0 Å². The largest absolute Gasteiger partial charge is 0.396 e. The molecule has 0 saturated heterocycles. The average Bonchev–Trinajstić information content (AvgIpc) is 2.50. The number of aliphatic hydroxyl groups excluding tert-OH is 1. The van der Waals surface area contributed by atoms with Crippen molar-refractivity contribution in [2.75, 3.05) is 26.7 Å². The lowest BCUT2D eigenvalue weighted by Gasteiger charge is -2.35. The van der Waals surface area contributed by atoms with E-state index in [2.05, 4.69) is 34.5 Å². The van der Waals surface area contributed by atoms with Gasteiger partial charge >= 0.3 is 0 Å². The third-order valence-corrected chi connectivity index (χ3v) is 4.01. The minimum Gasteiger partial charge on any atom is -0.396 e. The van der Waals surface area contributed by atoms with Crippen molar-refractivity contribution in [2.24, 2.45) is 0 Å². The minimum absolute atomic E-state index is 0.0333. The summed E-state index contributed by atoms with van der Waals surface area (Å²) in [5.41, 5.74) is 2.75. The van der Waals surface area contributed by atoms with E-state index in [-0.39, 0.29) is 12.5 Å². The smallest absolute Gasteiger partial charge is 0.233 e. The number of carbonyl (C=O) groups is 1. The van der Waals surface area contributed by atoms with Crippen LogP contribution in [0.1, 0.15) is 36.4 Å². The van der Waals surface area contributed by atoms with E-state index in [9.17, 15) is 4.79 Å². The van der Waals surface area contributed by atoms with Gasteiger partial charge in [-0.1, -0.05) is 24.3 Å². The molecular formula is C16H24N2O2. The molecule has 1 amide bonds. The van der Waals surface area contributed by atoms with Crippen LogP contribution in [0.3, 0.4) is 0 Å². The molecule has 1 aromatic rings. The van der Waals surface area contributed by atoms with Crippen LogP contribution in [-0.4, -0.2) is 42.7 Å². The number of amides is 1. The van der Waals surface area contributed by atoms with E-state index in [1.54, 1.807) is 7.05 Å². The van der Waals surface area contributed by atoms with Gasteiger partial charge in [0.1, 0.15) is 0 Å². The monoisotopic (exact) mass is 276 g/mol. The summed E-state index contributed by atoms with van der Waals surface area (Å²) in [6, 6.07) is 8.81. The van der Waals surface area contributed by atoms with Crippen LogP contribution >= 0.6 is 0 Å². The Morgan fingerprint density at radius 2 is 2.25 bits per heavy atom. The summed E-state index contributed by atoms with van der Waals surface area (Å²) in [5.74, 6) is 0.0333. The lowest BCUT2D eigenvalue weighted by Crippen LogP contribution is -2.40. The molecule has 0 aromatic heterocycles. The summed E-state index contributed by atoms with van der Waals surface area (Å²) in [6.07, 6.45) is 4.07. The SMILES string of the molecule is CNC(=O)CN(CCCO)C1CCCc2ccccc21. The molecule has 0 bridgehead atoms. The Labute approximate surface area is 120 Å². The Kier molecular flexibility index (Phi) is 5.56. The molecule has 1 aliphatic rings. The third kappa shape index (κ3) is 3.58. The first-order chi connectivity index (χ1) is 9.76. The van der Waals surface area contributed by atoms with Crippen molar-refractivity contribution in [1.29, 1.82) is 0 Å². The molecule has 4 nitrogen and oxygen atoms in total. The summed E-state index contributed by atoms with van der Waals surface area (Å²) >= 11 is 0. The van der Waals surface area contributed by atoms with E-state index in [1.807, 2.05) is 0 Å². The third-order valence-electron chi connectivity index (χ3n) is 4.01. The highest BCUT2D eigenvalue weighted by Crippen LogP contribution is 2.34. The number of carbonyl (C=O) groups excluding carboxylic acids is 1. The van der Waals surface area contributed by atoms with Crippen molar-refractivity contribution in [1.82, 2.24) is 10.2 Å². The predicted octanol–water partition coefficient (Wildman–Crippen LogP) is 1.49. The topological polar surface area (TPSA) is 52.6 Å². The highest BCUT2D eigenvalue weighted by Gasteiger charge is 2.26. The highest BCUT2D eigenvalue weighted by molar-refractivity contribution is 5.77. The van der Waals surface area contributed by atoms with Gasteiger partial charge in [-0.3, -0.25) is 9.69 Å². The maximum absolute atomic E-state index is 11.7. The van der Waals surface area contributed by atoms with Gasteiger partial charge in [-0.05, 0) is 36.8 Å². The van der Waals surface area contributed by atoms with Crippen molar-refractivity contribution >= 4 is 5.91 Å². The Bertz CT molecular complexity index is 448. The molecule has 4 heteroatoms. The number of hydrogen-bond donors (Lipinski definition) is 2. The number of hydrogen-bond acceptors (Lipinski definition) is 3. The lowest BCUT2D eigenvalue weighted by atomic mass is 9.86. The molecule has 0 fully saturated rings. The van der Waals surface area contributed by atoms with Crippen LogP contribution in [0.15, 0.2) is 24.3 Å². The van der Waals surface area contributed by atoms with Gasteiger partial charge in [-0.15, -0.1) is 0 Å². The molecule has 110 valence electrons. The Morgan fingerprint density at radius 1 is 1.45 bits per heavy atom. The van der Waals surface area contributed by atoms with Crippen molar-refractivity contribution in [3.05, 3.63) is 35.4 Å². The van der Waals surface area contributed by atoms with Crippen molar-refractivity contribution in [3.63, 3.8) is 0 Å². The molecule has 0 spiro atoms. The molecule has 1 aliphatic carbocycles. The zero-order valence-electron chi connectivity index (χ0n) is 12.1. The quantitative estimate of drug-likeness (QED) is 0.828. The Morgan fingerprint density at radius 3 is 3.00 bits per heavy atom. The first kappa shape index (κ1) is 15.0. The van der Waals surface area contributed by atoms with Crippen molar-refractivity contribution in [3.8, 4) is 0 Å². The van der Waals surface area contributed by atoms with E-state index in [0.717, 1.165) is 25.8 Å². The minimum atomic E-state index is 0.0333. The number of nitrogens with one attached hydrogen (secondary N) is 1. The molecule has 2 N–H and O–H groups in total. The molecule has 1 aromatic carbocycles. The van der Waals surface area contributed by atoms with E-state index in [1.165, 1.54) is 11.1 Å². The normalized spacial score (nSPS) is 17.9. The predicted molar refractivity (Wildman–Crippen MR) is 79.5 cm³/mol. The Hall–Kier alpha value is -1.39. The molecule has 1 atom stereocenters. The average molecular weight is 276 g/mol. The second kappa shape index (κ2) is 7.41. The zero-order chi connectivity index (χ0) is 14.4. The molecule has 20 heavy (non-hydrogen) atoms. The molecule has 0 heterocycles. The Balaban J connectivity index is 2.18. The van der Waals surface area contributed by atoms with Crippen LogP contribution in [-0.2, 0) is 11.2 Å². The number of nitrogens with zero attached hydrogens (tertiary/aromatic N) is 1. The van der Waals surface area contributed by atoms with Crippen molar-refractivity contribution < 1.29 is 9.90 Å². The van der Waals surface area contributed by atoms with Crippen LogP contribution in [0.25, 0.3) is 0 Å². The number of fused-ring (bicyclic) bond motifs is 1. The number of rotatable bonds is 6. The number of aliphatic hydroxyl groups is 1. The summed E-state index contributed by atoms with van der Waals surface area (Å²) in [7, 11) is 1.67. The molecule has 1 unspecified atom stereocenters. The van der Waals surface area contributed by atoms with Crippen LogP contribution < -0.4 is 5.32 Å². The van der Waals surface area contributed by atoms with E-state index >= 15 is 0 Å². The van der Waals surface area contributed by atoms with E-state index in [0.29, 0.717) is 19.0 Å². The van der Waals surface area contributed by atoms with Gasteiger partial charge in [0, 0.05) is 26.2 Å². The van der Waals surface area contributed by atoms with E-state index < -0.39 is 0 Å². The van der Waals surface area contributed by atoms with Gasteiger partial charge in [0.2, 0.25) is 5.91 Å². The number of aryl methyl sites for hydroxylation is 1. The lowest BCUT2D eigenvalue weighted by molar-refractivity contribution is -0.122. The van der Waals surface area contributed by atoms with Crippen LogP contribution in [0.4, 0.5) is 0 Å². The molecule has 0 radical (unpaired) electrons. The maximum atomic E-state index is 11.7. The highest BCUT2D eigenvalue weighted by atomic mass is 16.3. The second-order valence-corrected chi connectivity index (χ2v) is 5.33. The first-order valence-electron chi connectivity index (χ1n) is 7.39. The summed E-state index contributed by atoms with van der Waals surface area (Å²) in [4.78, 5) is 13.9. The fourth-order valence-corrected chi connectivity index (χ4v) is 2.99. The van der Waals surface area contributed by atoms with Gasteiger partial charge < -0.3 is 10.4 Å². The van der Waals surface area contributed by atoms with Gasteiger partial charge in [0.05, 0.1) is 6.54 Å². The number of likely N-dealkylation sites (N-methyl/N-ethyl adjacent to an activating group) is 1. The van der Waals surface area contributed by atoms with Gasteiger partial charge in [-0.2, -0.15) is 0 Å². The first-order valence-corrected chi connectivity index (χ1v) is 7.39. The number of benzene rings is 1. The summed E-state index contributed by atoms with van der Waals surface area (Å²) in [6.45, 7) is 1.32. The van der Waals surface area contributed by atoms with Gasteiger partial charge in [-0.25, -0.2) is 0 Å². The second-order valence-electron chi connectivity index (χ2n) is 5.33. The fourth-order valence-electron chi connectivity index (χ4n) is 2.99. The standard InChI is InChI=1S/C16H24N2O2/c1-17-16(20)12-18(10-5-11-19)15-9-4-7-13-6-2-3-8-14(13)15/h2-3,6,8,15,19H,4-5,7,9-12H2,1H3,(H,17,20). The van der Waals surface area contributed by atoms with Crippen molar-refractivity contribution in [2.45, 2.75) is 31.7 Å². The van der Waals surface area contributed by atoms with Crippen LogP contribution in [0.2, 0.25) is 0 Å². The van der Waals surface area contributed by atoms with Crippen LogP contribution in [0, 0.1) is 0 Å². The summed E-state index contributed by atoms with van der Waals surface area (Å²) < 4.78 is 0. The summed E-state index contributed by atoms with van der Waals surface area (Å²) in [5, 5.41) is 11.8. The van der Waals surface area contributed by atoms with Gasteiger partial charge in [0.25, 0.3) is 0 Å². The fraction of sp³-hybridized carbons (Fsp3) is 0.562. The molecule has 2 rings (SSSR count). The van der Waals surface area contributed by atoms with Gasteiger partial charge in [0.15, 0.2) is 0 Å². The molecule has 0 aliphatic heterocycles. The molecule has 0 saturated carbocycles.